The number of carbonyl (C=O) groups excluding carboxylic acids is 1. The maximum Gasteiger partial charge on any atom is 0.281 e. The van der Waals surface area contributed by atoms with E-state index in [1.165, 1.54) is 48.1 Å². The third-order valence-corrected chi connectivity index (χ3v) is 7.07. The number of ketones is 1. The summed E-state index contributed by atoms with van der Waals surface area (Å²) in [5.74, 6) is 0.0806. The van der Waals surface area contributed by atoms with Crippen LogP contribution in [0.25, 0.3) is 27.8 Å². The molecule has 0 aliphatic heterocycles. The van der Waals surface area contributed by atoms with E-state index in [-0.39, 0.29) is 31.0 Å². The smallest absolute Gasteiger partial charge is 0.281 e. The molecular formula is C30H26ClF2N5O4. The van der Waals surface area contributed by atoms with Crippen molar-refractivity contribution in [2.75, 3.05) is 20.8 Å². The Bertz CT molecular complexity index is 1810. The van der Waals surface area contributed by atoms with Crippen molar-refractivity contribution in [2.24, 2.45) is 0 Å². The molecule has 5 rings (SSSR count). The van der Waals surface area contributed by atoms with Gasteiger partial charge in [0.05, 0.1) is 42.4 Å². The number of benzene rings is 2. The second-order valence-electron chi connectivity index (χ2n) is 9.49. The highest BCUT2D eigenvalue weighted by Gasteiger charge is 2.25. The van der Waals surface area contributed by atoms with Gasteiger partial charge in [0, 0.05) is 60.9 Å². The summed E-state index contributed by atoms with van der Waals surface area (Å²) in [6.07, 6.45) is 4.69. The molecule has 0 N–H and O–H groups in total. The first-order chi connectivity index (χ1) is 20.3. The zero-order chi connectivity index (χ0) is 29.8. The molecule has 0 saturated heterocycles. The molecule has 3 aromatic heterocycles. The summed E-state index contributed by atoms with van der Waals surface area (Å²) in [7, 11) is 2.96. The summed E-state index contributed by atoms with van der Waals surface area (Å²) in [6.45, 7) is 0.238. The maximum atomic E-state index is 13.6. The Morgan fingerprint density at radius 1 is 0.976 bits per heavy atom. The molecule has 0 spiro atoms. The number of pyridine rings is 1. The predicted molar refractivity (Wildman–Crippen MR) is 154 cm³/mol. The van der Waals surface area contributed by atoms with Crippen LogP contribution in [0.4, 0.5) is 8.78 Å². The monoisotopic (exact) mass is 593 g/mol. The lowest BCUT2D eigenvalue weighted by atomic mass is 9.99. The van der Waals surface area contributed by atoms with E-state index in [1.54, 1.807) is 42.7 Å². The van der Waals surface area contributed by atoms with Gasteiger partial charge in [-0.25, -0.2) is 13.8 Å². The summed E-state index contributed by atoms with van der Waals surface area (Å²) in [5, 5.41) is 0.363. The average molecular weight is 594 g/mol. The van der Waals surface area contributed by atoms with E-state index in [0.717, 1.165) is 5.56 Å². The largest absolute Gasteiger partial charge is 0.495 e. The number of hydrogen-bond donors (Lipinski definition) is 0. The van der Waals surface area contributed by atoms with E-state index in [1.807, 2.05) is 6.07 Å². The predicted octanol–water partition coefficient (Wildman–Crippen LogP) is 5.63. The minimum atomic E-state index is -2.75. The molecule has 0 saturated carbocycles. The molecule has 0 aliphatic rings. The number of alkyl halides is 2. The Morgan fingerprint density at radius 3 is 2.48 bits per heavy atom. The fraction of sp³-hybridized carbons (Fsp3) is 0.233. The molecule has 3 heterocycles. The van der Waals surface area contributed by atoms with Crippen LogP contribution in [0.2, 0.25) is 5.02 Å². The quantitative estimate of drug-likeness (QED) is 0.195. The van der Waals surface area contributed by atoms with Crippen molar-refractivity contribution in [2.45, 2.75) is 25.3 Å². The molecule has 1 unspecified atom stereocenters. The zero-order valence-corrected chi connectivity index (χ0v) is 23.5. The fourth-order valence-corrected chi connectivity index (χ4v) is 4.97. The number of nitrogens with zero attached hydrogens (tertiary/aromatic N) is 5. The fourth-order valence-electron chi connectivity index (χ4n) is 4.80. The van der Waals surface area contributed by atoms with Crippen LogP contribution in [0.3, 0.4) is 0 Å². The highest BCUT2D eigenvalue weighted by atomic mass is 35.5. The molecule has 0 aliphatic carbocycles. The lowest BCUT2D eigenvalue weighted by molar-refractivity contribution is -0.122. The molecule has 0 fully saturated rings. The average Bonchev–Trinajstić information content (AvgIpc) is 3.48. The number of halogens is 3. The Morgan fingerprint density at radius 2 is 1.76 bits per heavy atom. The number of carbonyl (C=O) groups is 1. The van der Waals surface area contributed by atoms with Crippen molar-refractivity contribution in [1.82, 2.24) is 24.1 Å². The van der Waals surface area contributed by atoms with Gasteiger partial charge in [-0.3, -0.25) is 19.6 Å². The van der Waals surface area contributed by atoms with Gasteiger partial charge in [-0.2, -0.15) is 0 Å². The summed E-state index contributed by atoms with van der Waals surface area (Å²) >= 11 is 6.30. The number of fused-ring (bicyclic) bond motifs is 1. The van der Waals surface area contributed by atoms with Gasteiger partial charge < -0.3 is 18.6 Å². The highest BCUT2D eigenvalue weighted by Crippen LogP contribution is 2.36. The lowest BCUT2D eigenvalue weighted by Gasteiger charge is -2.21. The Labute approximate surface area is 244 Å². The number of ether oxygens (including phenoxy) is 2. The molecular weight excluding hydrogens is 568 g/mol. The first-order valence-corrected chi connectivity index (χ1v) is 13.3. The molecule has 0 bridgehead atoms. The molecule has 5 aromatic rings. The van der Waals surface area contributed by atoms with Gasteiger partial charge in [0.15, 0.2) is 5.78 Å². The van der Waals surface area contributed by atoms with Crippen molar-refractivity contribution >= 4 is 28.4 Å². The van der Waals surface area contributed by atoms with E-state index >= 15 is 0 Å². The van der Waals surface area contributed by atoms with Crippen molar-refractivity contribution in [1.29, 1.82) is 0 Å². The summed E-state index contributed by atoms with van der Waals surface area (Å²) < 4.78 is 40.1. The van der Waals surface area contributed by atoms with E-state index in [2.05, 4.69) is 15.0 Å². The first kappa shape index (κ1) is 29.0. The molecule has 42 heavy (non-hydrogen) atoms. The number of imidazole rings is 1. The SMILES string of the molecule is COCCC(C(=O)Cc1ccc2nccnc2c1)n1cc(OC)c(-c2cc(Cl)ccc2-n2cnc(C(F)F)c2)cc1=O. The lowest BCUT2D eigenvalue weighted by Crippen LogP contribution is -2.31. The van der Waals surface area contributed by atoms with Gasteiger partial charge in [-0.05, 0) is 42.3 Å². The Balaban J connectivity index is 1.54. The van der Waals surface area contributed by atoms with Gasteiger partial charge >= 0.3 is 0 Å². The molecule has 2 aromatic carbocycles. The minimum absolute atomic E-state index is 0.0585. The number of Topliss-reactive ketones (excluding diaryl/α,β-unsaturated/α-hetero) is 1. The van der Waals surface area contributed by atoms with Crippen LogP contribution in [0.5, 0.6) is 5.75 Å². The van der Waals surface area contributed by atoms with Crippen molar-refractivity contribution < 1.29 is 23.0 Å². The van der Waals surface area contributed by atoms with Crippen LogP contribution < -0.4 is 10.3 Å². The van der Waals surface area contributed by atoms with Gasteiger partial charge in [0.2, 0.25) is 0 Å². The topological polar surface area (TPSA) is 101 Å². The number of hydrogen-bond acceptors (Lipinski definition) is 7. The molecule has 1 atom stereocenters. The van der Waals surface area contributed by atoms with Gasteiger partial charge in [-0.15, -0.1) is 0 Å². The zero-order valence-electron chi connectivity index (χ0n) is 22.7. The van der Waals surface area contributed by atoms with E-state index in [9.17, 15) is 18.4 Å². The van der Waals surface area contributed by atoms with Crippen LogP contribution >= 0.6 is 11.6 Å². The van der Waals surface area contributed by atoms with Crippen LogP contribution in [0.15, 0.2) is 78.4 Å². The van der Waals surface area contributed by atoms with Gasteiger partial charge in [0.25, 0.3) is 12.0 Å². The van der Waals surface area contributed by atoms with Gasteiger partial charge in [-0.1, -0.05) is 17.7 Å². The molecule has 0 amide bonds. The Hall–Kier alpha value is -4.48. The number of rotatable bonds is 11. The molecule has 216 valence electrons. The highest BCUT2D eigenvalue weighted by molar-refractivity contribution is 6.31. The van der Waals surface area contributed by atoms with Crippen LogP contribution in [0, 0.1) is 0 Å². The second kappa shape index (κ2) is 12.6. The van der Waals surface area contributed by atoms with Crippen molar-refractivity contribution in [3.05, 3.63) is 100 Å². The maximum absolute atomic E-state index is 13.6. The first-order valence-electron chi connectivity index (χ1n) is 12.9. The minimum Gasteiger partial charge on any atom is -0.495 e. The van der Waals surface area contributed by atoms with E-state index in [0.29, 0.717) is 32.9 Å². The van der Waals surface area contributed by atoms with E-state index < -0.39 is 23.7 Å². The molecule has 12 heteroatoms. The third kappa shape index (κ3) is 6.07. The van der Waals surface area contributed by atoms with Crippen LogP contribution in [-0.4, -0.2) is 50.7 Å². The number of aromatic nitrogens is 5. The third-order valence-electron chi connectivity index (χ3n) is 6.83. The normalized spacial score (nSPS) is 12.1. The standard InChI is InChI=1S/C30H26ClF2N5O4/c1-41-10-7-26(27(39)12-18-3-5-22-23(11-18)35-9-8-34-22)38-16-28(42-2)21(14-29(38)40)20-13-19(31)4-6-25(20)37-15-24(30(32)33)36-17-37/h3-6,8-9,11,13-17,26,30H,7,10,12H2,1-2H3. The van der Waals surface area contributed by atoms with Gasteiger partial charge in [0.1, 0.15) is 11.4 Å². The van der Waals surface area contributed by atoms with E-state index in [4.69, 9.17) is 21.1 Å². The molecule has 0 radical (unpaired) electrons. The molecule has 9 nitrogen and oxygen atoms in total. The van der Waals surface area contributed by atoms with Crippen molar-refractivity contribution in [3.63, 3.8) is 0 Å². The number of methoxy groups -OCH3 is 2. The van der Waals surface area contributed by atoms with Crippen LogP contribution in [0.1, 0.15) is 30.1 Å². The Kier molecular flexibility index (Phi) is 8.69. The summed E-state index contributed by atoms with van der Waals surface area (Å²) in [5.41, 5.74) is 2.54. The van der Waals surface area contributed by atoms with Crippen LogP contribution in [-0.2, 0) is 16.0 Å². The van der Waals surface area contributed by atoms with Crippen molar-refractivity contribution in [3.8, 4) is 22.6 Å². The summed E-state index contributed by atoms with van der Waals surface area (Å²) in [4.78, 5) is 39.5. The summed E-state index contributed by atoms with van der Waals surface area (Å²) in [6, 6.07) is 10.8. The second-order valence-corrected chi connectivity index (χ2v) is 9.93.